The number of benzene rings is 1. The number of nitrogens with one attached hydrogen (secondary N) is 3. The van der Waals surface area contributed by atoms with Gasteiger partial charge in [-0.1, -0.05) is 12.2 Å². The van der Waals surface area contributed by atoms with Gasteiger partial charge in [0, 0.05) is 24.6 Å². The summed E-state index contributed by atoms with van der Waals surface area (Å²) in [4.78, 5) is 61.7. The highest BCUT2D eigenvalue weighted by Crippen LogP contribution is 2.47. The topological polar surface area (TPSA) is 192 Å². The van der Waals surface area contributed by atoms with Crippen LogP contribution >= 0.6 is 0 Å². The number of carbonyl (C=O) groups excluding carboxylic acids is 4. The maximum absolute atomic E-state index is 14.7. The number of halogens is 3. The first-order chi connectivity index (χ1) is 27.0. The van der Waals surface area contributed by atoms with Crippen LogP contribution < -0.4 is 24.8 Å². The normalized spacial score (nSPS) is 29.4. The number of hydrogen-bond donors (Lipinski definition) is 3. The van der Waals surface area contributed by atoms with Gasteiger partial charge < -0.3 is 34.5 Å². The zero-order valence-electron chi connectivity index (χ0n) is 33.4. The van der Waals surface area contributed by atoms with Crippen molar-refractivity contribution in [2.45, 2.75) is 132 Å². The summed E-state index contributed by atoms with van der Waals surface area (Å²) >= 11 is 0. The molecule has 0 unspecified atom stereocenters. The minimum atomic E-state index is -4.10. The van der Waals surface area contributed by atoms with Crippen LogP contribution in [0.15, 0.2) is 36.5 Å². The lowest BCUT2D eigenvalue weighted by Gasteiger charge is -2.35. The number of nitrogens with zero attached hydrogens (tertiary/aromatic N) is 2. The first kappa shape index (κ1) is 42.9. The summed E-state index contributed by atoms with van der Waals surface area (Å²) in [5.74, 6) is -6.98. The lowest BCUT2D eigenvalue weighted by molar-refractivity contribution is -0.153. The van der Waals surface area contributed by atoms with Crippen molar-refractivity contribution in [3.05, 3.63) is 42.4 Å². The molecule has 1 saturated heterocycles. The molecule has 2 aliphatic heterocycles. The van der Waals surface area contributed by atoms with Crippen LogP contribution in [-0.2, 0) is 33.9 Å². The van der Waals surface area contributed by atoms with Crippen molar-refractivity contribution >= 4 is 44.6 Å². The number of aromatic nitrogens is 1. The van der Waals surface area contributed by atoms with Gasteiger partial charge in [-0.15, -0.1) is 0 Å². The fourth-order valence-electron chi connectivity index (χ4n) is 7.16. The van der Waals surface area contributed by atoms with E-state index >= 15 is 0 Å². The number of rotatable bonds is 9. The van der Waals surface area contributed by atoms with Crippen molar-refractivity contribution in [1.29, 1.82) is 0 Å². The van der Waals surface area contributed by atoms with Crippen LogP contribution in [0.1, 0.15) is 80.1 Å². The van der Waals surface area contributed by atoms with Crippen LogP contribution in [0.5, 0.6) is 11.6 Å². The molecule has 3 heterocycles. The molecule has 2 aliphatic carbocycles. The van der Waals surface area contributed by atoms with Gasteiger partial charge in [0.15, 0.2) is 5.60 Å². The SMILES string of the molecule is COc1cnc(O[C@@H]2C[C@H]3C(=O)N[C@]4(C(=O)NS(=O)(=O)C5(C)CC5)C[C@H]4/C=C\CC[C@H](C)O[C@@H](C)[C@H](NC(=O)OC(C)(C)C(C)(F)F)C(=O)N3C2)c2cc(F)ccc12. The Morgan fingerprint density at radius 3 is 2.48 bits per heavy atom. The van der Waals surface area contributed by atoms with Gasteiger partial charge in [-0.3, -0.25) is 19.1 Å². The molecule has 0 radical (unpaired) electrons. The van der Waals surface area contributed by atoms with E-state index in [0.717, 1.165) is 18.7 Å². The standard InChI is InChI=1S/C39H50F3N5O10S/c1-21-10-8-9-11-23-18-39(23,34(50)46-58(52,53)37(5)14-15-37)45-31(48)28-17-25(56-32-27-16-24(40)12-13-26(27)29(54-7)19-43-32)20-47(28)33(49)30(22(2)55-21)44-35(51)57-36(3,4)38(6,41)42/h9,11-13,16,19,21-23,25,28,30H,8,10,14-15,17-18,20H2,1-7H3,(H,44,51)(H,45,48)(H,46,50)/b11-9-/t21-,22-,23+,25+,28-,30-,39+/m0/s1. The third kappa shape index (κ3) is 8.56. The van der Waals surface area contributed by atoms with E-state index in [1.807, 2.05) is 0 Å². The third-order valence-corrected chi connectivity index (χ3v) is 13.8. The number of hydrogen-bond acceptors (Lipinski definition) is 11. The number of alkyl carbamates (subject to hydrolysis) is 1. The molecule has 4 amide bonds. The molecular formula is C39H50F3N5O10S. The Labute approximate surface area is 334 Å². The lowest BCUT2D eigenvalue weighted by atomic mass is 10.0. The van der Waals surface area contributed by atoms with E-state index in [0.29, 0.717) is 43.7 Å². The maximum atomic E-state index is 14.7. The van der Waals surface area contributed by atoms with Crippen LogP contribution in [0.4, 0.5) is 18.0 Å². The number of methoxy groups -OCH3 is 1. The average Bonchev–Trinajstić information content (AvgIpc) is 4.01. The molecular weight excluding hydrogens is 788 g/mol. The number of allylic oxidation sites excluding steroid dienone is 1. The minimum absolute atomic E-state index is 0.0376. The quantitative estimate of drug-likeness (QED) is 0.306. The van der Waals surface area contributed by atoms with E-state index in [1.165, 1.54) is 45.4 Å². The van der Waals surface area contributed by atoms with Gasteiger partial charge in [0.25, 0.3) is 11.8 Å². The molecule has 15 nitrogen and oxygen atoms in total. The Morgan fingerprint density at radius 1 is 1.12 bits per heavy atom. The van der Waals surface area contributed by atoms with Gasteiger partial charge in [-0.25, -0.2) is 31.4 Å². The van der Waals surface area contributed by atoms with Crippen LogP contribution in [0.25, 0.3) is 10.8 Å². The minimum Gasteiger partial charge on any atom is -0.494 e. The molecule has 3 fully saturated rings. The smallest absolute Gasteiger partial charge is 0.408 e. The molecule has 2 saturated carbocycles. The Morgan fingerprint density at radius 2 is 1.83 bits per heavy atom. The number of sulfonamides is 1. The van der Waals surface area contributed by atoms with E-state index in [-0.39, 0.29) is 30.7 Å². The fourth-order valence-corrected chi connectivity index (χ4v) is 8.47. The number of pyridine rings is 1. The predicted molar refractivity (Wildman–Crippen MR) is 203 cm³/mol. The van der Waals surface area contributed by atoms with E-state index < -0.39 is 97.8 Å². The van der Waals surface area contributed by atoms with E-state index in [2.05, 4.69) is 20.3 Å². The molecule has 19 heteroatoms. The molecule has 1 aromatic heterocycles. The van der Waals surface area contributed by atoms with Gasteiger partial charge >= 0.3 is 6.09 Å². The first-order valence-corrected chi connectivity index (χ1v) is 20.7. The third-order valence-electron chi connectivity index (χ3n) is 11.7. The predicted octanol–water partition coefficient (Wildman–Crippen LogP) is 4.28. The van der Waals surface area contributed by atoms with Crippen LogP contribution in [0.2, 0.25) is 0 Å². The second-order valence-electron chi connectivity index (χ2n) is 16.5. The maximum Gasteiger partial charge on any atom is 0.408 e. The van der Waals surface area contributed by atoms with Crippen molar-refractivity contribution in [3.8, 4) is 11.6 Å². The van der Waals surface area contributed by atoms with Crippen LogP contribution in [0.3, 0.4) is 0 Å². The van der Waals surface area contributed by atoms with Crippen molar-refractivity contribution < 1.29 is 59.7 Å². The second-order valence-corrected chi connectivity index (χ2v) is 18.7. The summed E-state index contributed by atoms with van der Waals surface area (Å²) in [5.41, 5.74) is -3.97. The molecule has 58 heavy (non-hydrogen) atoms. The summed E-state index contributed by atoms with van der Waals surface area (Å²) in [6, 6.07) is 0.930. The Hall–Kier alpha value is -4.65. The highest BCUT2D eigenvalue weighted by Gasteiger charge is 2.63. The number of carbonyl (C=O) groups is 4. The molecule has 2 aromatic rings. The van der Waals surface area contributed by atoms with Gasteiger partial charge in [-0.2, -0.15) is 0 Å². The molecule has 1 aromatic carbocycles. The summed E-state index contributed by atoms with van der Waals surface area (Å²) in [6.45, 7) is 7.08. The zero-order valence-corrected chi connectivity index (χ0v) is 34.2. The molecule has 7 atom stereocenters. The largest absolute Gasteiger partial charge is 0.494 e. The van der Waals surface area contributed by atoms with Crippen molar-refractivity contribution in [1.82, 2.24) is 25.2 Å². The van der Waals surface area contributed by atoms with Gasteiger partial charge in [0.05, 0.1) is 42.2 Å². The van der Waals surface area contributed by atoms with E-state index in [4.69, 9.17) is 18.9 Å². The zero-order chi connectivity index (χ0) is 42.6. The Bertz CT molecular complexity index is 2110. The fraction of sp³-hybridized carbons (Fsp3) is 0.615. The highest BCUT2D eigenvalue weighted by atomic mass is 32.2. The Kier molecular flexibility index (Phi) is 11.5. The summed E-state index contributed by atoms with van der Waals surface area (Å²) in [7, 11) is -2.68. The molecule has 6 rings (SSSR count). The number of alkyl halides is 2. The Balaban J connectivity index is 1.36. The van der Waals surface area contributed by atoms with E-state index in [1.54, 1.807) is 19.1 Å². The number of ether oxygens (including phenoxy) is 4. The number of amides is 4. The van der Waals surface area contributed by atoms with Gasteiger partial charge in [-0.05, 0) is 84.9 Å². The second kappa shape index (κ2) is 15.5. The average molecular weight is 838 g/mol. The molecule has 4 aliphatic rings. The summed E-state index contributed by atoms with van der Waals surface area (Å²) in [6.07, 6.45) is 2.41. The van der Waals surface area contributed by atoms with Crippen molar-refractivity contribution in [3.63, 3.8) is 0 Å². The molecule has 3 N–H and O–H groups in total. The first-order valence-electron chi connectivity index (χ1n) is 19.2. The number of fused-ring (bicyclic) bond motifs is 3. The summed E-state index contributed by atoms with van der Waals surface area (Å²) < 4.78 is 93.5. The van der Waals surface area contributed by atoms with Crippen molar-refractivity contribution in [2.75, 3.05) is 13.7 Å². The van der Waals surface area contributed by atoms with Crippen LogP contribution in [-0.4, -0.2) is 108 Å². The van der Waals surface area contributed by atoms with Gasteiger partial charge in [0.2, 0.25) is 27.7 Å². The molecule has 0 bridgehead atoms. The highest BCUT2D eigenvalue weighted by molar-refractivity contribution is 7.91. The van der Waals surface area contributed by atoms with Gasteiger partial charge in [0.1, 0.15) is 35.3 Å². The summed E-state index contributed by atoms with van der Waals surface area (Å²) in [5, 5.41) is 5.85. The lowest BCUT2D eigenvalue weighted by Crippen LogP contribution is -2.60. The monoisotopic (exact) mass is 837 g/mol. The van der Waals surface area contributed by atoms with Crippen LogP contribution in [0, 0.1) is 11.7 Å². The van der Waals surface area contributed by atoms with E-state index in [9.17, 15) is 40.8 Å². The molecule has 318 valence electrons. The molecule has 0 spiro atoms. The van der Waals surface area contributed by atoms with Crippen molar-refractivity contribution in [2.24, 2.45) is 5.92 Å².